The number of sulfonamides is 1. The first-order valence-electron chi connectivity index (χ1n) is 7.32. The molecular weight excluding hydrogens is 404 g/mol. The van der Waals surface area contributed by atoms with E-state index in [0.29, 0.717) is 19.5 Å². The number of hydrogen-bond acceptors (Lipinski definition) is 5. The molecule has 130 valence electrons. The number of rotatable bonds is 3. The van der Waals surface area contributed by atoms with Gasteiger partial charge in [0, 0.05) is 19.1 Å². The molecule has 23 heavy (non-hydrogen) atoms. The molecule has 1 aliphatic rings. The summed E-state index contributed by atoms with van der Waals surface area (Å²) in [6, 6.07) is 2.96. The monoisotopic (exact) mass is 424 g/mol. The molecule has 6 nitrogen and oxygen atoms in total. The van der Waals surface area contributed by atoms with Crippen LogP contribution in [0.1, 0.15) is 33.6 Å². The third-order valence-corrected chi connectivity index (χ3v) is 6.84. The number of ether oxygens (including phenoxy) is 1. The van der Waals surface area contributed by atoms with Crippen LogP contribution < -0.4 is 4.72 Å². The minimum atomic E-state index is -3.56. The molecule has 1 saturated heterocycles. The van der Waals surface area contributed by atoms with Crippen LogP contribution in [0, 0.1) is 0 Å². The Morgan fingerprint density at radius 1 is 1.43 bits per heavy atom. The third kappa shape index (κ3) is 5.44. The lowest BCUT2D eigenvalue weighted by molar-refractivity contribution is 0.0195. The lowest BCUT2D eigenvalue weighted by atomic mass is 10.1. The van der Waals surface area contributed by atoms with Gasteiger partial charge in [-0.15, -0.1) is 11.3 Å². The normalized spacial score (nSPS) is 19.7. The second-order valence-electron chi connectivity index (χ2n) is 6.45. The lowest BCUT2D eigenvalue weighted by Crippen LogP contribution is -2.50. The zero-order valence-corrected chi connectivity index (χ0v) is 16.6. The van der Waals surface area contributed by atoms with Crippen LogP contribution in [0.2, 0.25) is 0 Å². The molecule has 1 aromatic heterocycles. The highest BCUT2D eigenvalue weighted by Crippen LogP contribution is 2.26. The van der Waals surface area contributed by atoms with E-state index in [4.69, 9.17) is 4.74 Å². The highest BCUT2D eigenvalue weighted by atomic mass is 79.9. The van der Waals surface area contributed by atoms with E-state index in [1.807, 2.05) is 20.8 Å². The molecular formula is C14H21BrN2O4S2. The highest BCUT2D eigenvalue weighted by molar-refractivity contribution is 9.11. The SMILES string of the molecule is CC(C)(C)OC(=O)N1CCC[C@@H](NS(=O)(=O)c2ccc(Br)s2)C1. The fourth-order valence-corrected chi connectivity index (χ4v) is 5.57. The van der Waals surface area contributed by atoms with E-state index in [2.05, 4.69) is 20.7 Å². The van der Waals surface area contributed by atoms with Gasteiger partial charge in [0.2, 0.25) is 10.0 Å². The molecule has 2 heterocycles. The number of piperidine rings is 1. The molecule has 1 aliphatic heterocycles. The molecule has 0 radical (unpaired) electrons. The second-order valence-corrected chi connectivity index (χ2v) is 10.8. The van der Waals surface area contributed by atoms with Gasteiger partial charge in [-0.3, -0.25) is 0 Å². The smallest absolute Gasteiger partial charge is 0.410 e. The van der Waals surface area contributed by atoms with Crippen LogP contribution in [0.3, 0.4) is 0 Å². The Hall–Kier alpha value is -0.640. The van der Waals surface area contributed by atoms with E-state index in [-0.39, 0.29) is 10.3 Å². The molecule has 0 aromatic carbocycles. The van der Waals surface area contributed by atoms with Gasteiger partial charge in [-0.1, -0.05) is 0 Å². The molecule has 1 aromatic rings. The van der Waals surface area contributed by atoms with Crippen molar-refractivity contribution in [2.75, 3.05) is 13.1 Å². The van der Waals surface area contributed by atoms with Crippen molar-refractivity contribution in [3.63, 3.8) is 0 Å². The minimum absolute atomic E-state index is 0.263. The second kappa shape index (κ2) is 7.08. The molecule has 0 bridgehead atoms. The molecule has 1 N–H and O–H groups in total. The van der Waals surface area contributed by atoms with Crippen molar-refractivity contribution in [1.82, 2.24) is 9.62 Å². The van der Waals surface area contributed by atoms with Gasteiger partial charge in [0.25, 0.3) is 0 Å². The topological polar surface area (TPSA) is 75.7 Å². The van der Waals surface area contributed by atoms with E-state index >= 15 is 0 Å². The van der Waals surface area contributed by atoms with Crippen molar-refractivity contribution >= 4 is 43.4 Å². The number of carbonyl (C=O) groups is 1. The van der Waals surface area contributed by atoms with Crippen LogP contribution in [0.25, 0.3) is 0 Å². The average molecular weight is 425 g/mol. The summed E-state index contributed by atoms with van der Waals surface area (Å²) in [5, 5.41) is 0. The summed E-state index contributed by atoms with van der Waals surface area (Å²) in [7, 11) is -3.56. The van der Waals surface area contributed by atoms with Gasteiger partial charge >= 0.3 is 6.09 Å². The highest BCUT2D eigenvalue weighted by Gasteiger charge is 2.30. The van der Waals surface area contributed by atoms with Crippen molar-refractivity contribution in [3.8, 4) is 0 Å². The molecule has 1 fully saturated rings. The Balaban J connectivity index is 2.00. The zero-order valence-electron chi connectivity index (χ0n) is 13.3. The fraction of sp³-hybridized carbons (Fsp3) is 0.643. The third-order valence-electron chi connectivity index (χ3n) is 3.21. The number of amides is 1. The number of likely N-dealkylation sites (tertiary alicyclic amines) is 1. The van der Waals surface area contributed by atoms with E-state index in [1.165, 1.54) is 0 Å². The number of thiophene rings is 1. The van der Waals surface area contributed by atoms with Gasteiger partial charge in [-0.25, -0.2) is 17.9 Å². The standard InChI is InChI=1S/C14H21BrN2O4S2/c1-14(2,3)21-13(18)17-8-4-5-10(9-17)16-23(19,20)12-7-6-11(15)22-12/h6-7,10,16H,4-5,8-9H2,1-3H3/t10-/m1/s1. The van der Waals surface area contributed by atoms with Crippen LogP contribution in [0.5, 0.6) is 0 Å². The predicted molar refractivity (Wildman–Crippen MR) is 93.2 cm³/mol. The van der Waals surface area contributed by atoms with Crippen LogP contribution in [0.15, 0.2) is 20.1 Å². The Labute approximate surface area is 149 Å². The van der Waals surface area contributed by atoms with Gasteiger partial charge in [-0.2, -0.15) is 0 Å². The molecule has 9 heteroatoms. The Morgan fingerprint density at radius 2 is 2.13 bits per heavy atom. The largest absolute Gasteiger partial charge is 0.444 e. The number of hydrogen-bond donors (Lipinski definition) is 1. The summed E-state index contributed by atoms with van der Waals surface area (Å²) in [5.41, 5.74) is -0.563. The van der Waals surface area contributed by atoms with Gasteiger partial charge in [0.15, 0.2) is 0 Å². The van der Waals surface area contributed by atoms with Gasteiger partial charge < -0.3 is 9.64 Å². The summed E-state index contributed by atoms with van der Waals surface area (Å²) in [6.45, 7) is 6.33. The maximum absolute atomic E-state index is 12.4. The van der Waals surface area contributed by atoms with E-state index in [9.17, 15) is 13.2 Å². The molecule has 0 unspecified atom stereocenters. The van der Waals surface area contributed by atoms with Gasteiger partial charge in [0.1, 0.15) is 9.81 Å². The van der Waals surface area contributed by atoms with Crippen molar-refractivity contribution in [2.45, 2.75) is 49.5 Å². The zero-order chi connectivity index (χ0) is 17.3. The van der Waals surface area contributed by atoms with Crippen molar-refractivity contribution in [2.24, 2.45) is 0 Å². The van der Waals surface area contributed by atoms with E-state index < -0.39 is 21.7 Å². The maximum Gasteiger partial charge on any atom is 0.410 e. The summed E-state index contributed by atoms with van der Waals surface area (Å²) < 4.78 is 33.8. The number of carbonyl (C=O) groups excluding carboxylic acids is 1. The summed E-state index contributed by atoms with van der Waals surface area (Å²) in [5.74, 6) is 0. The molecule has 0 saturated carbocycles. The first-order chi connectivity index (χ1) is 10.6. The van der Waals surface area contributed by atoms with Crippen LogP contribution >= 0.6 is 27.3 Å². The number of nitrogens with one attached hydrogen (secondary N) is 1. The average Bonchev–Trinajstić information content (AvgIpc) is 2.84. The van der Waals surface area contributed by atoms with E-state index in [0.717, 1.165) is 21.5 Å². The van der Waals surface area contributed by atoms with E-state index in [1.54, 1.807) is 17.0 Å². The Bertz CT molecular complexity index is 667. The molecule has 0 spiro atoms. The Kier molecular flexibility index (Phi) is 5.76. The summed E-state index contributed by atoms with van der Waals surface area (Å²) in [6.07, 6.45) is 1.03. The summed E-state index contributed by atoms with van der Waals surface area (Å²) >= 11 is 4.42. The number of halogens is 1. The van der Waals surface area contributed by atoms with Crippen LogP contribution in [-0.4, -0.2) is 44.1 Å². The van der Waals surface area contributed by atoms with Gasteiger partial charge in [0.05, 0.1) is 3.79 Å². The van der Waals surface area contributed by atoms with Crippen molar-refractivity contribution in [1.29, 1.82) is 0 Å². The Morgan fingerprint density at radius 3 is 2.70 bits per heavy atom. The first kappa shape index (κ1) is 18.7. The van der Waals surface area contributed by atoms with Crippen LogP contribution in [-0.2, 0) is 14.8 Å². The predicted octanol–water partition coefficient (Wildman–Crippen LogP) is 3.19. The minimum Gasteiger partial charge on any atom is -0.444 e. The maximum atomic E-state index is 12.4. The quantitative estimate of drug-likeness (QED) is 0.807. The molecule has 0 aliphatic carbocycles. The van der Waals surface area contributed by atoms with Crippen LogP contribution in [0.4, 0.5) is 4.79 Å². The van der Waals surface area contributed by atoms with Crippen molar-refractivity contribution in [3.05, 3.63) is 15.9 Å². The summed E-state index contributed by atoms with van der Waals surface area (Å²) in [4.78, 5) is 13.7. The lowest BCUT2D eigenvalue weighted by Gasteiger charge is -2.34. The molecule has 1 atom stereocenters. The number of nitrogens with zero attached hydrogens (tertiary/aromatic N) is 1. The first-order valence-corrected chi connectivity index (χ1v) is 10.4. The van der Waals surface area contributed by atoms with Crippen molar-refractivity contribution < 1.29 is 17.9 Å². The van der Waals surface area contributed by atoms with Gasteiger partial charge in [-0.05, 0) is 61.7 Å². The molecule has 1 amide bonds. The fourth-order valence-electron chi connectivity index (χ4n) is 2.29. The molecule has 2 rings (SSSR count).